The van der Waals surface area contributed by atoms with E-state index in [1.54, 1.807) is 7.11 Å². The second-order valence-electron chi connectivity index (χ2n) is 10.2. The minimum atomic E-state index is -0.667. The Labute approximate surface area is 224 Å². The predicted molar refractivity (Wildman–Crippen MR) is 162 cm³/mol. The second kappa shape index (κ2) is 22.1. The molecular weight excluding hydrogens is 443 g/mol. The lowest BCUT2D eigenvalue weighted by Gasteiger charge is -2.12. The third-order valence-corrected chi connectivity index (χ3v) is 6.24. The van der Waals surface area contributed by atoms with Crippen LogP contribution in [0.15, 0.2) is 66.5 Å². The summed E-state index contributed by atoms with van der Waals surface area (Å²) in [6, 6.07) is 8.42. The summed E-state index contributed by atoms with van der Waals surface area (Å²) in [5, 5.41) is 0. The molecule has 0 saturated heterocycles. The van der Waals surface area contributed by atoms with Gasteiger partial charge in [-0.1, -0.05) is 97.5 Å². The van der Waals surface area contributed by atoms with Gasteiger partial charge in [-0.2, -0.15) is 0 Å². The molecule has 1 aromatic rings. The van der Waals surface area contributed by atoms with Crippen molar-refractivity contribution in [2.75, 3.05) is 7.11 Å². The minimum absolute atomic E-state index is 0.667. The Balaban J connectivity index is 0. The van der Waals surface area contributed by atoms with E-state index in [0.717, 1.165) is 48.3 Å². The number of hydrogen-bond donors (Lipinski definition) is 0. The van der Waals surface area contributed by atoms with E-state index in [-0.39, 0.29) is 0 Å². The number of rotatable bonds is 8. The van der Waals surface area contributed by atoms with Gasteiger partial charge in [-0.05, 0) is 92.6 Å². The number of ether oxygens (including phenoxy) is 1. The van der Waals surface area contributed by atoms with Crippen LogP contribution in [0.5, 0.6) is 0 Å². The number of methoxy groups -OCH3 is 1. The molecule has 0 bridgehead atoms. The number of halogens is 1. The van der Waals surface area contributed by atoms with E-state index in [2.05, 4.69) is 92.0 Å². The van der Waals surface area contributed by atoms with Gasteiger partial charge in [-0.25, -0.2) is 4.39 Å². The molecule has 0 aromatic heterocycles. The summed E-state index contributed by atoms with van der Waals surface area (Å²) < 4.78 is 16.2. The van der Waals surface area contributed by atoms with E-state index in [1.165, 1.54) is 49.8 Å². The van der Waals surface area contributed by atoms with Gasteiger partial charge >= 0.3 is 0 Å². The molecule has 0 heterocycles. The summed E-state index contributed by atoms with van der Waals surface area (Å²) in [4.78, 5) is 0. The van der Waals surface area contributed by atoms with Gasteiger partial charge in [0.15, 0.2) is 0 Å². The SMILES string of the molecule is C=C(/C=C(/CC)OC)C(C)=CCC.C=Cc1cccc(CC)c1.CC(C)C1CC[C@@H](C)C1.CC(C)F. The third kappa shape index (κ3) is 19.1. The highest BCUT2D eigenvalue weighted by atomic mass is 19.1. The maximum absolute atomic E-state index is 11.0. The molecule has 1 aliphatic carbocycles. The van der Waals surface area contributed by atoms with E-state index < -0.39 is 6.17 Å². The first-order chi connectivity index (χ1) is 16.9. The third-order valence-electron chi connectivity index (χ3n) is 6.24. The van der Waals surface area contributed by atoms with Crippen molar-refractivity contribution < 1.29 is 9.13 Å². The topological polar surface area (TPSA) is 9.23 Å². The lowest BCUT2D eigenvalue weighted by molar-refractivity contribution is 0.280. The molecule has 1 nitrogen and oxygen atoms in total. The lowest BCUT2D eigenvalue weighted by Crippen LogP contribution is -2.02. The Kier molecular flexibility index (Phi) is 22.2. The molecule has 2 heteroatoms. The summed E-state index contributed by atoms with van der Waals surface area (Å²) >= 11 is 0. The fourth-order valence-corrected chi connectivity index (χ4v) is 3.85. The number of benzene rings is 1. The quantitative estimate of drug-likeness (QED) is 0.255. The van der Waals surface area contributed by atoms with Gasteiger partial charge in [0.1, 0.15) is 0 Å². The highest BCUT2D eigenvalue weighted by molar-refractivity contribution is 5.47. The molecule has 1 fully saturated rings. The average Bonchev–Trinajstić information content (AvgIpc) is 3.29. The summed E-state index contributed by atoms with van der Waals surface area (Å²) in [6.45, 7) is 26.2. The van der Waals surface area contributed by atoms with Crippen LogP contribution in [0.1, 0.15) is 106 Å². The van der Waals surface area contributed by atoms with Gasteiger partial charge in [0.05, 0.1) is 19.0 Å². The Morgan fingerprint density at radius 3 is 2.11 bits per heavy atom. The standard InChI is InChI=1S/C12H20O.C10H12.C9H18.C3H7F/c1-6-8-10(3)11(4)9-12(7-2)13-5;1-3-9-6-5-7-10(4-2)8-9;1-7(2)9-5-4-8(3)6-9;1-3(2)4/h8-9H,4,6-7H2,1-3,5H3;3,5-8H,1,4H2,2H3;7-9H,4-6H2,1-3H3;3H,1-2H3/b10-8?,12-9-;;;/t;;8-,9?;/m..1./s1. The molecule has 1 aromatic carbocycles. The lowest BCUT2D eigenvalue weighted by atomic mass is 9.94. The van der Waals surface area contributed by atoms with E-state index in [1.807, 2.05) is 12.2 Å². The zero-order valence-electron chi connectivity index (χ0n) is 25.3. The maximum Gasteiger partial charge on any atom is 0.0958 e. The number of alkyl halides is 1. The fourth-order valence-electron chi connectivity index (χ4n) is 3.85. The maximum atomic E-state index is 11.0. The van der Waals surface area contributed by atoms with Crippen LogP contribution in [0.4, 0.5) is 4.39 Å². The molecule has 1 unspecified atom stereocenters. The van der Waals surface area contributed by atoms with Crippen molar-refractivity contribution >= 4 is 6.08 Å². The molecule has 0 aliphatic heterocycles. The largest absolute Gasteiger partial charge is 0.501 e. The van der Waals surface area contributed by atoms with E-state index in [4.69, 9.17) is 4.74 Å². The van der Waals surface area contributed by atoms with Crippen LogP contribution in [0.25, 0.3) is 6.08 Å². The highest BCUT2D eigenvalue weighted by Crippen LogP contribution is 2.34. The van der Waals surface area contributed by atoms with Crippen molar-refractivity contribution in [2.45, 2.75) is 107 Å². The summed E-state index contributed by atoms with van der Waals surface area (Å²) in [6.07, 6.45) is 12.9. The van der Waals surface area contributed by atoms with E-state index in [9.17, 15) is 4.39 Å². The first-order valence-corrected chi connectivity index (χ1v) is 13.9. The highest BCUT2D eigenvalue weighted by Gasteiger charge is 2.23. The average molecular weight is 501 g/mol. The molecule has 36 heavy (non-hydrogen) atoms. The molecular formula is C34H57FO. The van der Waals surface area contributed by atoms with Crippen molar-refractivity contribution in [3.8, 4) is 0 Å². The molecule has 206 valence electrons. The smallest absolute Gasteiger partial charge is 0.0958 e. The predicted octanol–water partition coefficient (Wildman–Crippen LogP) is 11.2. The van der Waals surface area contributed by atoms with Crippen molar-refractivity contribution in [1.29, 1.82) is 0 Å². The molecule has 1 saturated carbocycles. The first kappa shape index (κ1) is 36.1. The molecule has 0 spiro atoms. The molecule has 0 amide bonds. The van der Waals surface area contributed by atoms with Crippen LogP contribution in [-0.4, -0.2) is 13.3 Å². The monoisotopic (exact) mass is 500 g/mol. The Bertz CT molecular complexity index is 760. The van der Waals surface area contributed by atoms with E-state index in [0.29, 0.717) is 0 Å². The Morgan fingerprint density at radius 2 is 1.75 bits per heavy atom. The molecule has 2 atom stereocenters. The summed E-state index contributed by atoms with van der Waals surface area (Å²) in [5.41, 5.74) is 4.85. The molecule has 0 radical (unpaired) electrons. The number of hydrogen-bond acceptors (Lipinski definition) is 1. The van der Waals surface area contributed by atoms with Crippen LogP contribution in [0.2, 0.25) is 0 Å². The van der Waals surface area contributed by atoms with Crippen LogP contribution in [0.3, 0.4) is 0 Å². The van der Waals surface area contributed by atoms with Gasteiger partial charge in [-0.3, -0.25) is 0 Å². The Morgan fingerprint density at radius 1 is 1.14 bits per heavy atom. The number of allylic oxidation sites excluding steroid dienone is 5. The van der Waals surface area contributed by atoms with Gasteiger partial charge in [-0.15, -0.1) is 0 Å². The first-order valence-electron chi connectivity index (χ1n) is 13.9. The molecule has 0 N–H and O–H groups in total. The van der Waals surface area contributed by atoms with Crippen LogP contribution in [0, 0.1) is 17.8 Å². The van der Waals surface area contributed by atoms with Crippen molar-refractivity contribution in [3.05, 3.63) is 77.6 Å². The molecule has 1 aliphatic rings. The zero-order valence-corrected chi connectivity index (χ0v) is 25.3. The van der Waals surface area contributed by atoms with Gasteiger partial charge in [0, 0.05) is 6.42 Å². The van der Waals surface area contributed by atoms with Gasteiger partial charge in [0.25, 0.3) is 0 Å². The second-order valence-corrected chi connectivity index (χ2v) is 10.2. The van der Waals surface area contributed by atoms with Crippen LogP contribution >= 0.6 is 0 Å². The Hall–Kier alpha value is -2.09. The van der Waals surface area contributed by atoms with Gasteiger partial charge < -0.3 is 4.74 Å². The summed E-state index contributed by atoms with van der Waals surface area (Å²) in [5.74, 6) is 3.96. The van der Waals surface area contributed by atoms with E-state index >= 15 is 0 Å². The van der Waals surface area contributed by atoms with Crippen LogP contribution in [-0.2, 0) is 11.2 Å². The normalized spacial score (nSPS) is 17.2. The zero-order chi connectivity index (χ0) is 28.1. The number of aryl methyl sites for hydroxylation is 1. The van der Waals surface area contributed by atoms with Crippen molar-refractivity contribution in [3.63, 3.8) is 0 Å². The fraction of sp³-hybridized carbons (Fsp3) is 0.588. The molecule has 2 rings (SSSR count). The van der Waals surface area contributed by atoms with Crippen molar-refractivity contribution in [2.24, 2.45) is 17.8 Å². The van der Waals surface area contributed by atoms with Crippen LogP contribution < -0.4 is 0 Å². The van der Waals surface area contributed by atoms with Crippen molar-refractivity contribution in [1.82, 2.24) is 0 Å². The summed E-state index contributed by atoms with van der Waals surface area (Å²) in [7, 11) is 1.70. The van der Waals surface area contributed by atoms with Gasteiger partial charge in [0.2, 0.25) is 0 Å². The minimum Gasteiger partial charge on any atom is -0.501 e.